The third kappa shape index (κ3) is 4.05. The average Bonchev–Trinajstić information content (AvgIpc) is 3.29. The van der Waals surface area contributed by atoms with Gasteiger partial charge in [0.1, 0.15) is 5.71 Å². The van der Waals surface area contributed by atoms with Gasteiger partial charge in [-0.3, -0.25) is 4.99 Å². The fraction of sp³-hybridized carbons (Fsp3) is 0.421. The number of hydrogen-bond donors (Lipinski definition) is 1. The van der Waals surface area contributed by atoms with E-state index in [-0.39, 0.29) is 30.2 Å². The molecule has 0 atom stereocenters. The van der Waals surface area contributed by atoms with Crippen molar-refractivity contribution in [2.24, 2.45) is 10.7 Å². The first-order valence-electron chi connectivity index (χ1n) is 8.67. The number of aromatic nitrogens is 2. The first-order valence-corrected chi connectivity index (χ1v) is 8.67. The average molecular weight is 376 g/mol. The van der Waals surface area contributed by atoms with Crippen LogP contribution in [0.15, 0.2) is 39.9 Å². The number of methoxy groups -OCH3 is 1. The second-order valence-electron chi connectivity index (χ2n) is 6.52. The van der Waals surface area contributed by atoms with Crippen molar-refractivity contribution in [3.8, 4) is 0 Å². The van der Waals surface area contributed by atoms with Gasteiger partial charge in [-0.2, -0.15) is 4.98 Å². The zero-order valence-corrected chi connectivity index (χ0v) is 15.3. The van der Waals surface area contributed by atoms with E-state index in [1.165, 1.54) is 7.11 Å². The van der Waals surface area contributed by atoms with Gasteiger partial charge in [-0.1, -0.05) is 29.4 Å². The van der Waals surface area contributed by atoms with Crippen LogP contribution in [0, 0.1) is 6.92 Å². The lowest BCUT2D eigenvalue weighted by Gasteiger charge is -2.13. The summed E-state index contributed by atoms with van der Waals surface area (Å²) < 4.78 is 36.3. The molecule has 0 bridgehead atoms. The van der Waals surface area contributed by atoms with Gasteiger partial charge < -0.3 is 15.0 Å². The van der Waals surface area contributed by atoms with Crippen molar-refractivity contribution in [2.75, 3.05) is 20.3 Å². The topological polar surface area (TPSA) is 86.5 Å². The Bertz CT molecular complexity index is 857. The third-order valence-electron chi connectivity index (χ3n) is 4.63. The number of hydrogen-bond acceptors (Lipinski definition) is 6. The quantitative estimate of drug-likeness (QED) is 0.565. The van der Waals surface area contributed by atoms with E-state index in [9.17, 15) is 8.78 Å². The summed E-state index contributed by atoms with van der Waals surface area (Å²) in [4.78, 5) is 8.18. The molecule has 0 unspecified atom stereocenters. The Labute approximate surface area is 156 Å². The molecule has 3 rings (SSSR count). The molecule has 1 heterocycles. The summed E-state index contributed by atoms with van der Waals surface area (Å²) in [6.07, 6.45) is 0.123. The van der Waals surface area contributed by atoms with Crippen molar-refractivity contribution in [1.82, 2.24) is 10.1 Å². The number of halogens is 2. The molecule has 1 aliphatic rings. The zero-order valence-electron chi connectivity index (χ0n) is 15.3. The molecule has 0 amide bonds. The minimum absolute atomic E-state index is 0.0185. The maximum atomic E-state index is 13.1. The van der Waals surface area contributed by atoms with Crippen molar-refractivity contribution in [3.63, 3.8) is 0 Å². The number of benzene rings is 1. The molecule has 1 aliphatic carbocycles. The van der Waals surface area contributed by atoms with Crippen LogP contribution in [0.2, 0.25) is 0 Å². The van der Waals surface area contributed by atoms with Gasteiger partial charge in [-0.25, -0.2) is 8.78 Å². The molecule has 27 heavy (non-hydrogen) atoms. The molecule has 2 aromatic rings. The van der Waals surface area contributed by atoms with Crippen LogP contribution in [0.5, 0.6) is 0 Å². The Morgan fingerprint density at radius 1 is 1.41 bits per heavy atom. The third-order valence-corrected chi connectivity index (χ3v) is 4.63. The minimum Gasteiger partial charge on any atom is -0.394 e. The smallest absolute Gasteiger partial charge is 0.280 e. The Balaban J connectivity index is 1.85. The Morgan fingerprint density at radius 3 is 2.78 bits per heavy atom. The fourth-order valence-corrected chi connectivity index (χ4v) is 3.05. The summed E-state index contributed by atoms with van der Waals surface area (Å²) in [5.41, 5.74) is 7.44. The van der Waals surface area contributed by atoms with Gasteiger partial charge in [0.15, 0.2) is 5.82 Å². The molecule has 2 N–H and O–H groups in total. The van der Waals surface area contributed by atoms with E-state index in [1.807, 2.05) is 25.1 Å². The molecular formula is C19H22F2N4O2. The van der Waals surface area contributed by atoms with Crippen LogP contribution in [0.1, 0.15) is 35.7 Å². The fourth-order valence-electron chi connectivity index (χ4n) is 3.05. The van der Waals surface area contributed by atoms with Gasteiger partial charge in [-0.05, 0) is 37.0 Å². The van der Waals surface area contributed by atoms with E-state index >= 15 is 0 Å². The molecule has 0 radical (unpaired) electrons. The molecule has 0 aliphatic heterocycles. The summed E-state index contributed by atoms with van der Waals surface area (Å²) in [5, 5.41) is 4.06. The molecule has 6 nitrogen and oxygen atoms in total. The number of nitrogens with zero attached hydrogens (tertiary/aromatic N) is 3. The molecule has 8 heteroatoms. The molecule has 0 spiro atoms. The van der Waals surface area contributed by atoms with Crippen molar-refractivity contribution in [2.45, 2.75) is 31.6 Å². The van der Waals surface area contributed by atoms with Crippen molar-refractivity contribution in [1.29, 1.82) is 0 Å². The van der Waals surface area contributed by atoms with Crippen molar-refractivity contribution >= 4 is 11.4 Å². The zero-order chi connectivity index (χ0) is 19.4. The lowest BCUT2D eigenvalue weighted by molar-refractivity contribution is 0.205. The molecular weight excluding hydrogens is 354 g/mol. The number of alkyl halides is 2. The van der Waals surface area contributed by atoms with Crippen molar-refractivity contribution in [3.05, 3.63) is 53.2 Å². The number of ether oxygens (including phenoxy) is 1. The molecule has 1 aromatic carbocycles. The standard InChI is InChI=1S/C19H22F2N4O2/c1-12-5-3-4-6-13(12)19(7-8-19)18-24-17(27-25-18)14(22)11-15(16(20)21)23-9-10-26-2/h3-6,11,16H,7-10,22H2,1-2H3/b14-11-,23-15?. The lowest BCUT2D eigenvalue weighted by atomic mass is 9.91. The second kappa shape index (κ2) is 7.96. The van der Waals surface area contributed by atoms with E-state index in [0.29, 0.717) is 5.82 Å². The van der Waals surface area contributed by atoms with Crippen LogP contribution < -0.4 is 5.73 Å². The lowest BCUT2D eigenvalue weighted by Crippen LogP contribution is -2.14. The molecule has 1 aromatic heterocycles. The number of allylic oxidation sites excluding steroid dienone is 1. The Hall–Kier alpha value is -2.61. The summed E-state index contributed by atoms with van der Waals surface area (Å²) in [5.74, 6) is 0.544. The maximum Gasteiger partial charge on any atom is 0.280 e. The van der Waals surface area contributed by atoms with Gasteiger partial charge in [0.2, 0.25) is 0 Å². The van der Waals surface area contributed by atoms with Gasteiger partial charge in [0.05, 0.1) is 24.3 Å². The highest BCUT2D eigenvalue weighted by molar-refractivity contribution is 6.02. The molecule has 144 valence electrons. The first-order chi connectivity index (χ1) is 13.0. The van der Waals surface area contributed by atoms with Gasteiger partial charge in [-0.15, -0.1) is 0 Å². The predicted molar refractivity (Wildman–Crippen MR) is 97.8 cm³/mol. The van der Waals surface area contributed by atoms with E-state index in [2.05, 4.69) is 21.2 Å². The van der Waals surface area contributed by atoms with E-state index in [1.54, 1.807) is 0 Å². The van der Waals surface area contributed by atoms with E-state index in [0.717, 1.165) is 30.0 Å². The predicted octanol–water partition coefficient (Wildman–Crippen LogP) is 3.11. The normalized spacial score (nSPS) is 16.8. The number of nitrogens with two attached hydrogens (primary N) is 1. The monoisotopic (exact) mass is 376 g/mol. The highest BCUT2D eigenvalue weighted by atomic mass is 19.3. The van der Waals surface area contributed by atoms with Gasteiger partial charge in [0.25, 0.3) is 12.3 Å². The van der Waals surface area contributed by atoms with Crippen LogP contribution in [-0.4, -0.2) is 42.5 Å². The summed E-state index contributed by atoms with van der Waals surface area (Å²) in [6.45, 7) is 2.40. The number of rotatable bonds is 8. The van der Waals surface area contributed by atoms with Crippen LogP contribution in [0.4, 0.5) is 8.78 Å². The first kappa shape index (κ1) is 19.2. The molecule has 1 saturated carbocycles. The SMILES string of the molecule is COCCN=C(/C=C(\N)c1nc(C2(c3ccccc3C)CC2)no1)C(F)F. The highest BCUT2D eigenvalue weighted by Gasteiger charge is 2.50. The minimum atomic E-state index is -2.76. The maximum absolute atomic E-state index is 13.1. The van der Waals surface area contributed by atoms with Crippen LogP contribution in [0.3, 0.4) is 0 Å². The Morgan fingerprint density at radius 2 is 2.15 bits per heavy atom. The largest absolute Gasteiger partial charge is 0.394 e. The summed E-state index contributed by atoms with van der Waals surface area (Å²) >= 11 is 0. The van der Waals surface area contributed by atoms with Gasteiger partial charge in [0, 0.05) is 7.11 Å². The number of aliphatic imine (C=N–C) groups is 1. The molecule has 1 fully saturated rings. The van der Waals surface area contributed by atoms with E-state index in [4.69, 9.17) is 15.0 Å². The summed E-state index contributed by atoms with van der Waals surface area (Å²) in [6, 6.07) is 8.04. The second-order valence-corrected chi connectivity index (χ2v) is 6.52. The van der Waals surface area contributed by atoms with E-state index < -0.39 is 12.1 Å². The van der Waals surface area contributed by atoms with Crippen LogP contribution >= 0.6 is 0 Å². The van der Waals surface area contributed by atoms with Crippen LogP contribution in [0.25, 0.3) is 5.70 Å². The highest BCUT2D eigenvalue weighted by Crippen LogP contribution is 2.53. The van der Waals surface area contributed by atoms with Crippen LogP contribution in [-0.2, 0) is 10.2 Å². The Kier molecular flexibility index (Phi) is 5.65. The van der Waals surface area contributed by atoms with Gasteiger partial charge >= 0.3 is 0 Å². The summed E-state index contributed by atoms with van der Waals surface area (Å²) in [7, 11) is 1.48. The number of aryl methyl sites for hydroxylation is 1. The molecule has 0 saturated heterocycles. The van der Waals surface area contributed by atoms with Crippen molar-refractivity contribution < 1.29 is 18.0 Å².